The second-order valence-corrected chi connectivity index (χ2v) is 7.57. The summed E-state index contributed by atoms with van der Waals surface area (Å²) in [5, 5.41) is 3.02. The van der Waals surface area contributed by atoms with Crippen LogP contribution in [0.2, 0.25) is 0 Å². The molecule has 1 aliphatic rings. The average Bonchev–Trinajstić information content (AvgIpc) is 2.78. The molecular formula is C24H29NO5. The van der Waals surface area contributed by atoms with Crippen molar-refractivity contribution in [1.82, 2.24) is 0 Å². The molecule has 0 radical (unpaired) electrons. The zero-order valence-electron chi connectivity index (χ0n) is 17.8. The van der Waals surface area contributed by atoms with Gasteiger partial charge in [0.05, 0.1) is 19.1 Å². The topological polar surface area (TPSA) is 73.9 Å². The van der Waals surface area contributed by atoms with Crippen LogP contribution in [0.15, 0.2) is 42.5 Å². The third-order valence-corrected chi connectivity index (χ3v) is 5.46. The van der Waals surface area contributed by atoms with E-state index in [4.69, 9.17) is 14.2 Å². The van der Waals surface area contributed by atoms with Gasteiger partial charge in [0.25, 0.3) is 0 Å². The van der Waals surface area contributed by atoms with E-state index in [-0.39, 0.29) is 5.91 Å². The number of methoxy groups -OCH3 is 1. The Bertz CT molecular complexity index is 902. The Hall–Kier alpha value is -2.86. The summed E-state index contributed by atoms with van der Waals surface area (Å²) in [5.74, 6) is -0.160. The zero-order chi connectivity index (χ0) is 21.6. The lowest BCUT2D eigenvalue weighted by Crippen LogP contribution is -2.44. The molecular weight excluding hydrogens is 382 g/mol. The van der Waals surface area contributed by atoms with Gasteiger partial charge in [-0.25, -0.2) is 4.79 Å². The summed E-state index contributed by atoms with van der Waals surface area (Å²) in [6.45, 7) is 5.56. The van der Waals surface area contributed by atoms with Crippen LogP contribution in [-0.4, -0.2) is 38.8 Å². The van der Waals surface area contributed by atoms with Crippen molar-refractivity contribution in [2.75, 3.05) is 32.2 Å². The largest absolute Gasteiger partial charge is 0.493 e. The Balaban J connectivity index is 1.91. The highest BCUT2D eigenvalue weighted by atomic mass is 16.5. The lowest BCUT2D eigenvalue weighted by molar-refractivity contribution is -0.125. The smallest absolute Gasteiger partial charge is 0.341 e. The predicted molar refractivity (Wildman–Crippen MR) is 115 cm³/mol. The molecule has 1 aliphatic heterocycles. The first-order valence-corrected chi connectivity index (χ1v) is 10.3. The molecule has 0 aromatic heterocycles. The number of amides is 1. The summed E-state index contributed by atoms with van der Waals surface area (Å²) in [6.07, 6.45) is 2.02. The van der Waals surface area contributed by atoms with Gasteiger partial charge in [0.1, 0.15) is 11.3 Å². The van der Waals surface area contributed by atoms with E-state index in [9.17, 15) is 9.59 Å². The molecule has 1 fully saturated rings. The van der Waals surface area contributed by atoms with Gasteiger partial charge in [0.2, 0.25) is 5.91 Å². The van der Waals surface area contributed by atoms with Crippen LogP contribution in [0.25, 0.3) is 0 Å². The van der Waals surface area contributed by atoms with Crippen molar-refractivity contribution >= 4 is 17.6 Å². The molecule has 1 amide bonds. The standard InChI is InChI=1S/C24H29NO5/c1-4-12-30-21-9-8-19(16-20(21)22(26)28-3)25-23(27)24(10-13-29-14-11-24)18-7-5-6-17(2)15-18/h5-9,15-16H,4,10-14H2,1-3H3,(H,25,27). The van der Waals surface area contributed by atoms with Crippen molar-refractivity contribution in [3.63, 3.8) is 0 Å². The van der Waals surface area contributed by atoms with Gasteiger partial charge in [-0.1, -0.05) is 36.8 Å². The molecule has 0 aliphatic carbocycles. The third-order valence-electron chi connectivity index (χ3n) is 5.46. The van der Waals surface area contributed by atoms with Crippen molar-refractivity contribution < 1.29 is 23.8 Å². The Morgan fingerprint density at radius 3 is 2.57 bits per heavy atom. The highest BCUT2D eigenvalue weighted by Gasteiger charge is 2.41. The van der Waals surface area contributed by atoms with Crippen LogP contribution in [-0.2, 0) is 19.7 Å². The number of benzene rings is 2. The molecule has 1 N–H and O–H groups in total. The molecule has 0 atom stereocenters. The number of esters is 1. The fourth-order valence-electron chi connectivity index (χ4n) is 3.78. The van der Waals surface area contributed by atoms with E-state index in [1.54, 1.807) is 18.2 Å². The van der Waals surface area contributed by atoms with Crippen molar-refractivity contribution in [2.45, 2.75) is 38.5 Å². The third kappa shape index (κ3) is 4.65. The number of ether oxygens (including phenoxy) is 3. The number of aryl methyl sites for hydroxylation is 1. The maximum atomic E-state index is 13.5. The molecule has 2 aromatic rings. The van der Waals surface area contributed by atoms with Gasteiger partial charge in [-0.05, 0) is 49.9 Å². The van der Waals surface area contributed by atoms with Gasteiger partial charge in [-0.3, -0.25) is 4.79 Å². The van der Waals surface area contributed by atoms with Crippen molar-refractivity contribution in [3.8, 4) is 5.75 Å². The quantitative estimate of drug-likeness (QED) is 0.689. The molecule has 1 saturated heterocycles. The summed E-state index contributed by atoms with van der Waals surface area (Å²) < 4.78 is 16.1. The minimum atomic E-state index is -0.674. The van der Waals surface area contributed by atoms with Crippen LogP contribution in [0.1, 0.15) is 47.7 Å². The average molecular weight is 411 g/mol. The van der Waals surface area contributed by atoms with E-state index < -0.39 is 11.4 Å². The number of rotatable bonds is 7. The Morgan fingerprint density at radius 2 is 1.90 bits per heavy atom. The van der Waals surface area contributed by atoms with Crippen LogP contribution in [0.4, 0.5) is 5.69 Å². The molecule has 1 heterocycles. The van der Waals surface area contributed by atoms with Crippen molar-refractivity contribution in [1.29, 1.82) is 0 Å². The number of hydrogen-bond acceptors (Lipinski definition) is 5. The summed E-state index contributed by atoms with van der Waals surface area (Å²) in [4.78, 5) is 25.7. The van der Waals surface area contributed by atoms with Gasteiger partial charge in [0, 0.05) is 18.9 Å². The summed E-state index contributed by atoms with van der Waals surface area (Å²) in [5.41, 5.74) is 2.24. The lowest BCUT2D eigenvalue weighted by Gasteiger charge is -2.36. The van der Waals surface area contributed by atoms with E-state index in [1.807, 2.05) is 32.0 Å². The van der Waals surface area contributed by atoms with E-state index in [0.29, 0.717) is 49.7 Å². The Labute approximate surface area is 177 Å². The first-order chi connectivity index (χ1) is 14.5. The van der Waals surface area contributed by atoms with Gasteiger partial charge in [-0.15, -0.1) is 0 Å². The second kappa shape index (κ2) is 9.76. The second-order valence-electron chi connectivity index (χ2n) is 7.57. The van der Waals surface area contributed by atoms with E-state index in [2.05, 4.69) is 11.4 Å². The summed E-state index contributed by atoms with van der Waals surface area (Å²) >= 11 is 0. The maximum absolute atomic E-state index is 13.5. The molecule has 6 heteroatoms. The van der Waals surface area contributed by atoms with Crippen molar-refractivity contribution in [2.24, 2.45) is 0 Å². The van der Waals surface area contributed by atoms with Gasteiger partial charge >= 0.3 is 5.97 Å². The maximum Gasteiger partial charge on any atom is 0.341 e. The number of carbonyl (C=O) groups excluding carboxylic acids is 2. The molecule has 0 unspecified atom stereocenters. The first kappa shape index (κ1) is 21.8. The van der Waals surface area contributed by atoms with E-state index in [1.165, 1.54) is 7.11 Å². The summed E-state index contributed by atoms with van der Waals surface area (Å²) in [7, 11) is 1.33. The highest BCUT2D eigenvalue weighted by molar-refractivity contribution is 6.01. The van der Waals surface area contributed by atoms with Crippen LogP contribution in [0.3, 0.4) is 0 Å². The zero-order valence-corrected chi connectivity index (χ0v) is 17.8. The normalized spacial score (nSPS) is 15.3. The number of carbonyl (C=O) groups is 2. The fourth-order valence-corrected chi connectivity index (χ4v) is 3.78. The predicted octanol–water partition coefficient (Wildman–Crippen LogP) is 4.26. The molecule has 2 aromatic carbocycles. The van der Waals surface area contributed by atoms with Crippen LogP contribution >= 0.6 is 0 Å². The molecule has 0 bridgehead atoms. The van der Waals surface area contributed by atoms with Crippen LogP contribution < -0.4 is 10.1 Å². The summed E-state index contributed by atoms with van der Waals surface area (Å²) in [6, 6.07) is 13.1. The lowest BCUT2D eigenvalue weighted by atomic mass is 9.73. The SMILES string of the molecule is CCCOc1ccc(NC(=O)C2(c3cccc(C)c3)CCOCC2)cc1C(=O)OC. The molecule has 0 spiro atoms. The molecule has 30 heavy (non-hydrogen) atoms. The van der Waals surface area contributed by atoms with E-state index in [0.717, 1.165) is 17.5 Å². The monoisotopic (exact) mass is 411 g/mol. The number of hydrogen-bond donors (Lipinski definition) is 1. The first-order valence-electron chi connectivity index (χ1n) is 10.3. The van der Waals surface area contributed by atoms with Crippen LogP contribution in [0.5, 0.6) is 5.75 Å². The number of nitrogens with one attached hydrogen (secondary N) is 1. The Morgan fingerprint density at radius 1 is 1.13 bits per heavy atom. The molecule has 160 valence electrons. The Kier molecular flexibility index (Phi) is 7.11. The number of anilines is 1. The van der Waals surface area contributed by atoms with E-state index >= 15 is 0 Å². The molecule has 6 nitrogen and oxygen atoms in total. The highest BCUT2D eigenvalue weighted by Crippen LogP contribution is 2.37. The minimum absolute atomic E-state index is 0.102. The van der Waals surface area contributed by atoms with Crippen LogP contribution in [0, 0.1) is 6.92 Å². The van der Waals surface area contributed by atoms with Gasteiger partial charge < -0.3 is 19.5 Å². The van der Waals surface area contributed by atoms with Gasteiger partial charge in [-0.2, -0.15) is 0 Å². The molecule has 0 saturated carbocycles. The minimum Gasteiger partial charge on any atom is -0.493 e. The molecule has 3 rings (SSSR count). The fraction of sp³-hybridized carbons (Fsp3) is 0.417. The van der Waals surface area contributed by atoms with Crippen molar-refractivity contribution in [3.05, 3.63) is 59.2 Å². The van der Waals surface area contributed by atoms with Gasteiger partial charge in [0.15, 0.2) is 0 Å².